The Kier molecular flexibility index (Phi) is 3.68. The number of nitrogens with zero attached hydrogens (tertiary/aromatic N) is 4. The molecular formula is C10H16N6S. The average Bonchev–Trinajstić information content (AvgIpc) is 2.94. The summed E-state index contributed by atoms with van der Waals surface area (Å²) in [6.45, 7) is 4.30. The van der Waals surface area contributed by atoms with Crippen LogP contribution in [0.1, 0.15) is 32.0 Å². The van der Waals surface area contributed by atoms with E-state index in [4.69, 9.17) is 5.73 Å². The molecule has 0 aliphatic carbocycles. The van der Waals surface area contributed by atoms with E-state index in [9.17, 15) is 0 Å². The number of hydrogen-bond donors (Lipinski definition) is 2. The second kappa shape index (κ2) is 5.22. The summed E-state index contributed by atoms with van der Waals surface area (Å²) in [6, 6.07) is 2.46. The van der Waals surface area contributed by atoms with E-state index in [-0.39, 0.29) is 0 Å². The number of H-pyrrole nitrogens is 1. The van der Waals surface area contributed by atoms with Gasteiger partial charge in [-0.3, -0.25) is 4.68 Å². The molecule has 17 heavy (non-hydrogen) atoms. The number of aromatic nitrogens is 5. The molecule has 2 aromatic heterocycles. The van der Waals surface area contributed by atoms with Gasteiger partial charge in [0.2, 0.25) is 11.1 Å². The summed E-state index contributed by atoms with van der Waals surface area (Å²) in [5, 5.41) is 11.7. The summed E-state index contributed by atoms with van der Waals surface area (Å²) in [6.07, 6.45) is 3.09. The third-order valence-corrected chi connectivity index (χ3v) is 3.42. The molecule has 1 unspecified atom stereocenters. The molecule has 2 heterocycles. The van der Waals surface area contributed by atoms with Gasteiger partial charge >= 0.3 is 0 Å². The second-order valence-electron chi connectivity index (χ2n) is 3.84. The van der Waals surface area contributed by atoms with Crippen LogP contribution < -0.4 is 5.73 Å². The molecule has 0 aliphatic rings. The molecule has 0 spiro atoms. The predicted octanol–water partition coefficient (Wildman–Crippen LogP) is 1.85. The quantitative estimate of drug-likeness (QED) is 0.793. The zero-order valence-corrected chi connectivity index (χ0v) is 10.7. The second-order valence-corrected chi connectivity index (χ2v) is 4.78. The highest BCUT2D eigenvalue weighted by atomic mass is 32.2. The number of aromatic amines is 1. The fourth-order valence-electron chi connectivity index (χ4n) is 1.35. The highest BCUT2D eigenvalue weighted by Gasteiger charge is 2.06. The normalized spacial score (nSPS) is 12.8. The van der Waals surface area contributed by atoms with Crippen LogP contribution in [0.2, 0.25) is 0 Å². The van der Waals surface area contributed by atoms with Crippen molar-refractivity contribution in [1.29, 1.82) is 0 Å². The number of nitrogen functional groups attached to an aromatic ring is 1. The van der Waals surface area contributed by atoms with E-state index in [1.165, 1.54) is 11.8 Å². The third kappa shape index (κ3) is 3.00. The Morgan fingerprint density at radius 3 is 3.06 bits per heavy atom. The van der Waals surface area contributed by atoms with Gasteiger partial charge in [-0.05, 0) is 19.4 Å². The van der Waals surface area contributed by atoms with E-state index in [0.29, 0.717) is 17.1 Å². The lowest BCUT2D eigenvalue weighted by Crippen LogP contribution is -2.04. The topological polar surface area (TPSA) is 85.4 Å². The molecule has 0 fully saturated rings. The van der Waals surface area contributed by atoms with Crippen molar-refractivity contribution in [2.75, 3.05) is 5.73 Å². The van der Waals surface area contributed by atoms with Gasteiger partial charge in [-0.15, -0.1) is 5.10 Å². The molecule has 1 atom stereocenters. The largest absolute Gasteiger partial charge is 0.368 e. The summed E-state index contributed by atoms with van der Waals surface area (Å²) in [5.41, 5.74) is 6.47. The highest BCUT2D eigenvalue weighted by molar-refractivity contribution is 7.98. The van der Waals surface area contributed by atoms with Crippen molar-refractivity contribution < 1.29 is 0 Å². The van der Waals surface area contributed by atoms with Crippen molar-refractivity contribution in [3.63, 3.8) is 0 Å². The number of nitrogens with one attached hydrogen (secondary N) is 1. The fraction of sp³-hybridized carbons (Fsp3) is 0.500. The van der Waals surface area contributed by atoms with Crippen LogP contribution in [0.15, 0.2) is 17.4 Å². The maximum atomic E-state index is 5.45. The van der Waals surface area contributed by atoms with E-state index in [1.54, 1.807) is 0 Å². The minimum atomic E-state index is 0.345. The van der Waals surface area contributed by atoms with Gasteiger partial charge in [-0.2, -0.15) is 10.1 Å². The van der Waals surface area contributed by atoms with Crippen LogP contribution in [0.3, 0.4) is 0 Å². The minimum absolute atomic E-state index is 0.345. The minimum Gasteiger partial charge on any atom is -0.368 e. The van der Waals surface area contributed by atoms with Crippen molar-refractivity contribution >= 4 is 17.7 Å². The molecule has 0 aliphatic heterocycles. The lowest BCUT2D eigenvalue weighted by atomic mass is 10.3. The molecule has 92 valence electrons. The molecule has 6 nitrogen and oxygen atoms in total. The van der Waals surface area contributed by atoms with Crippen LogP contribution >= 0.6 is 11.8 Å². The molecule has 2 aromatic rings. The number of thioether (sulfide) groups is 1. The monoisotopic (exact) mass is 252 g/mol. The molecule has 0 bridgehead atoms. The van der Waals surface area contributed by atoms with Crippen molar-refractivity contribution in [2.24, 2.45) is 0 Å². The van der Waals surface area contributed by atoms with Gasteiger partial charge in [0.1, 0.15) is 0 Å². The van der Waals surface area contributed by atoms with Crippen molar-refractivity contribution in [3.8, 4) is 0 Å². The smallest absolute Gasteiger partial charge is 0.216 e. The Hall–Kier alpha value is -1.50. The Balaban J connectivity index is 1.93. The first kappa shape index (κ1) is 12.0. The van der Waals surface area contributed by atoms with Gasteiger partial charge in [-0.25, -0.2) is 5.10 Å². The summed E-state index contributed by atoms with van der Waals surface area (Å²) in [4.78, 5) is 4.02. The number of rotatable bonds is 5. The van der Waals surface area contributed by atoms with Gasteiger partial charge in [0, 0.05) is 18.0 Å². The van der Waals surface area contributed by atoms with Crippen LogP contribution in [-0.2, 0) is 5.75 Å². The molecule has 3 N–H and O–H groups in total. The molecule has 0 radical (unpaired) electrons. The van der Waals surface area contributed by atoms with Crippen molar-refractivity contribution in [2.45, 2.75) is 37.2 Å². The Morgan fingerprint density at radius 2 is 2.41 bits per heavy atom. The Bertz CT molecular complexity index is 477. The number of nitrogens with two attached hydrogens (primary N) is 1. The van der Waals surface area contributed by atoms with E-state index >= 15 is 0 Å². The van der Waals surface area contributed by atoms with Gasteiger partial charge in [0.05, 0.1) is 5.69 Å². The maximum Gasteiger partial charge on any atom is 0.216 e. The first-order chi connectivity index (χ1) is 8.19. The number of anilines is 1. The van der Waals surface area contributed by atoms with Crippen LogP contribution in [0.4, 0.5) is 5.95 Å². The van der Waals surface area contributed by atoms with E-state index < -0.39 is 0 Å². The van der Waals surface area contributed by atoms with Crippen LogP contribution in [0, 0.1) is 0 Å². The van der Waals surface area contributed by atoms with E-state index in [2.05, 4.69) is 34.1 Å². The average molecular weight is 252 g/mol. The van der Waals surface area contributed by atoms with Crippen molar-refractivity contribution in [3.05, 3.63) is 18.0 Å². The lowest BCUT2D eigenvalue weighted by molar-refractivity contribution is 0.475. The van der Waals surface area contributed by atoms with Crippen LogP contribution in [0.5, 0.6) is 0 Å². The van der Waals surface area contributed by atoms with Gasteiger partial charge in [0.15, 0.2) is 0 Å². The molecule has 0 saturated carbocycles. The predicted molar refractivity (Wildman–Crippen MR) is 67.6 cm³/mol. The Labute approximate surface area is 104 Å². The third-order valence-electron chi connectivity index (χ3n) is 2.54. The first-order valence-electron chi connectivity index (χ1n) is 5.53. The lowest BCUT2D eigenvalue weighted by Gasteiger charge is -2.07. The molecule has 0 aromatic carbocycles. The van der Waals surface area contributed by atoms with Crippen molar-refractivity contribution in [1.82, 2.24) is 25.0 Å². The standard InChI is InChI=1S/C10H16N6S/c1-3-7(2)16-5-4-8(15-16)6-17-10-12-9(11)13-14-10/h4-5,7H,3,6H2,1-2H3,(H3,11,12,13,14). The number of hydrogen-bond acceptors (Lipinski definition) is 5. The fourth-order valence-corrected chi connectivity index (χ4v) is 2.05. The molecule has 2 rings (SSSR count). The first-order valence-corrected chi connectivity index (χ1v) is 6.52. The van der Waals surface area contributed by atoms with Crippen LogP contribution in [-0.4, -0.2) is 25.0 Å². The zero-order valence-electron chi connectivity index (χ0n) is 9.92. The van der Waals surface area contributed by atoms with Crippen LogP contribution in [0.25, 0.3) is 0 Å². The summed E-state index contributed by atoms with van der Waals surface area (Å²) in [5.74, 6) is 1.10. The molecular weight excluding hydrogens is 236 g/mol. The molecule has 0 amide bonds. The summed E-state index contributed by atoms with van der Waals surface area (Å²) < 4.78 is 1.99. The summed E-state index contributed by atoms with van der Waals surface area (Å²) >= 11 is 1.52. The maximum absolute atomic E-state index is 5.45. The van der Waals surface area contributed by atoms with Gasteiger partial charge in [0.25, 0.3) is 0 Å². The molecule has 7 heteroatoms. The SMILES string of the molecule is CCC(C)n1ccc(CSc2n[nH]c(N)n2)n1. The summed E-state index contributed by atoms with van der Waals surface area (Å²) in [7, 11) is 0. The highest BCUT2D eigenvalue weighted by Crippen LogP contribution is 2.19. The Morgan fingerprint density at radius 1 is 1.59 bits per heavy atom. The van der Waals surface area contributed by atoms with Gasteiger partial charge < -0.3 is 5.73 Å². The van der Waals surface area contributed by atoms with E-state index in [0.717, 1.165) is 17.9 Å². The zero-order chi connectivity index (χ0) is 12.3. The molecule has 0 saturated heterocycles. The van der Waals surface area contributed by atoms with Gasteiger partial charge in [-0.1, -0.05) is 18.7 Å². The van der Waals surface area contributed by atoms with E-state index in [1.807, 2.05) is 16.9 Å².